The number of hydrogen-bond donors (Lipinski definition) is 2. The Bertz CT molecular complexity index is 598. The molecular weight excluding hydrogens is 467 g/mol. The highest BCUT2D eigenvalue weighted by Crippen LogP contribution is 2.28. The van der Waals surface area contributed by atoms with Gasteiger partial charge in [-0.3, -0.25) is 9.89 Å². The molecule has 1 atom stereocenters. The summed E-state index contributed by atoms with van der Waals surface area (Å²) in [7, 11) is 3.47. The van der Waals surface area contributed by atoms with Gasteiger partial charge >= 0.3 is 0 Å². The highest BCUT2D eigenvalue weighted by molar-refractivity contribution is 14.0. The van der Waals surface area contributed by atoms with E-state index < -0.39 is 0 Å². The van der Waals surface area contributed by atoms with Crippen molar-refractivity contribution in [2.45, 2.75) is 52.1 Å². The van der Waals surface area contributed by atoms with Crippen LogP contribution in [0.4, 0.5) is 0 Å². The van der Waals surface area contributed by atoms with Crippen molar-refractivity contribution in [1.29, 1.82) is 0 Å². The second kappa shape index (κ2) is 13.9. The highest BCUT2D eigenvalue weighted by Gasteiger charge is 2.19. The molecule has 0 amide bonds. The third-order valence-corrected chi connectivity index (χ3v) is 5.12. The molecule has 28 heavy (non-hydrogen) atoms. The fourth-order valence-electron chi connectivity index (χ4n) is 3.64. The molecule has 0 radical (unpaired) electrons. The van der Waals surface area contributed by atoms with Crippen LogP contribution in [-0.4, -0.2) is 57.3 Å². The molecule has 160 valence electrons. The summed E-state index contributed by atoms with van der Waals surface area (Å²) in [4.78, 5) is 6.95. The van der Waals surface area contributed by atoms with Gasteiger partial charge in [-0.25, -0.2) is 0 Å². The molecule has 1 saturated heterocycles. The van der Waals surface area contributed by atoms with Crippen molar-refractivity contribution in [3.63, 3.8) is 0 Å². The fourth-order valence-corrected chi connectivity index (χ4v) is 3.64. The molecule has 1 heterocycles. The number of benzene rings is 1. The largest absolute Gasteiger partial charge is 0.493 e. The van der Waals surface area contributed by atoms with Gasteiger partial charge in [0.15, 0.2) is 17.5 Å². The summed E-state index contributed by atoms with van der Waals surface area (Å²) >= 11 is 0. The van der Waals surface area contributed by atoms with Crippen molar-refractivity contribution in [2.75, 3.05) is 40.4 Å². The minimum Gasteiger partial charge on any atom is -0.493 e. The topological polar surface area (TPSA) is 58.1 Å². The molecule has 1 fully saturated rings. The Morgan fingerprint density at radius 2 is 2.04 bits per heavy atom. The van der Waals surface area contributed by atoms with E-state index in [0.717, 1.165) is 42.2 Å². The van der Waals surface area contributed by atoms with Crippen molar-refractivity contribution < 1.29 is 9.47 Å². The number of aliphatic imine (C=N–C) groups is 1. The van der Waals surface area contributed by atoms with Gasteiger partial charge in [-0.05, 0) is 50.4 Å². The zero-order chi connectivity index (χ0) is 19.5. The number of likely N-dealkylation sites (tertiary alicyclic amines) is 1. The number of nitrogens with one attached hydrogen (secondary N) is 2. The summed E-state index contributed by atoms with van der Waals surface area (Å²) in [6.45, 7) is 8.76. The molecule has 1 aromatic rings. The van der Waals surface area contributed by atoms with E-state index in [1.165, 1.54) is 32.2 Å². The van der Waals surface area contributed by atoms with E-state index in [4.69, 9.17) is 9.47 Å². The van der Waals surface area contributed by atoms with Crippen LogP contribution in [0.2, 0.25) is 0 Å². The molecule has 2 N–H and O–H groups in total. The number of hydrogen-bond acceptors (Lipinski definition) is 4. The van der Waals surface area contributed by atoms with E-state index >= 15 is 0 Å². The molecule has 0 aliphatic carbocycles. The van der Waals surface area contributed by atoms with Crippen LogP contribution < -0.4 is 20.1 Å². The Kier molecular flexibility index (Phi) is 12.3. The van der Waals surface area contributed by atoms with Gasteiger partial charge in [-0.1, -0.05) is 19.4 Å². The fraction of sp³-hybridized carbons (Fsp3) is 0.667. The Morgan fingerprint density at radius 3 is 2.71 bits per heavy atom. The first-order valence-electron chi connectivity index (χ1n) is 10.2. The lowest BCUT2D eigenvalue weighted by atomic mass is 10.0. The predicted molar refractivity (Wildman–Crippen MR) is 127 cm³/mol. The van der Waals surface area contributed by atoms with Crippen LogP contribution in [0.25, 0.3) is 0 Å². The van der Waals surface area contributed by atoms with Gasteiger partial charge < -0.3 is 20.1 Å². The third-order valence-electron chi connectivity index (χ3n) is 5.12. The van der Waals surface area contributed by atoms with Crippen LogP contribution in [0.15, 0.2) is 23.2 Å². The van der Waals surface area contributed by atoms with Crippen LogP contribution >= 0.6 is 24.0 Å². The maximum Gasteiger partial charge on any atom is 0.191 e. The van der Waals surface area contributed by atoms with Crippen molar-refractivity contribution in [3.8, 4) is 11.5 Å². The van der Waals surface area contributed by atoms with Crippen LogP contribution in [0.1, 0.15) is 45.1 Å². The molecule has 1 aliphatic heterocycles. The number of guanidine groups is 1. The van der Waals surface area contributed by atoms with Crippen molar-refractivity contribution in [2.24, 2.45) is 4.99 Å². The zero-order valence-electron chi connectivity index (χ0n) is 17.8. The summed E-state index contributed by atoms with van der Waals surface area (Å²) in [6, 6.07) is 6.75. The van der Waals surface area contributed by atoms with E-state index in [-0.39, 0.29) is 24.0 Å². The minimum atomic E-state index is 0. The molecule has 0 saturated carbocycles. The van der Waals surface area contributed by atoms with Gasteiger partial charge in [0.1, 0.15) is 0 Å². The maximum absolute atomic E-state index is 5.65. The number of halogens is 1. The monoisotopic (exact) mass is 504 g/mol. The molecule has 6 nitrogen and oxygen atoms in total. The number of rotatable bonds is 9. The van der Waals surface area contributed by atoms with E-state index in [1.54, 1.807) is 7.11 Å². The summed E-state index contributed by atoms with van der Waals surface area (Å²) in [6.07, 6.45) is 5.27. The summed E-state index contributed by atoms with van der Waals surface area (Å²) in [5.41, 5.74) is 1.13. The first kappa shape index (κ1) is 24.8. The van der Waals surface area contributed by atoms with Gasteiger partial charge in [0, 0.05) is 32.7 Å². The summed E-state index contributed by atoms with van der Waals surface area (Å²) in [5.74, 6) is 2.36. The average Bonchev–Trinajstić information content (AvgIpc) is 2.71. The Labute approximate surface area is 187 Å². The standard InChI is InChI=1S/C21H36N4O2.HI/c1-5-18-9-7-8-13-25(18)14-12-23-21(22-3)24-16-17-10-11-19(26-4)20(15-17)27-6-2;/h10-11,15,18H,5-9,12-14,16H2,1-4H3,(H2,22,23,24);1H. The lowest BCUT2D eigenvalue weighted by molar-refractivity contribution is 0.147. The Balaban J connectivity index is 0.00000392. The molecule has 7 heteroatoms. The molecular formula is C21H37IN4O2. The average molecular weight is 504 g/mol. The van der Waals surface area contributed by atoms with Gasteiger partial charge in [0.05, 0.1) is 13.7 Å². The first-order valence-corrected chi connectivity index (χ1v) is 10.2. The van der Waals surface area contributed by atoms with E-state index in [1.807, 2.05) is 32.2 Å². The van der Waals surface area contributed by atoms with Crippen molar-refractivity contribution in [1.82, 2.24) is 15.5 Å². The van der Waals surface area contributed by atoms with Crippen LogP contribution in [0.3, 0.4) is 0 Å². The summed E-state index contributed by atoms with van der Waals surface area (Å²) in [5, 5.41) is 6.81. The quantitative estimate of drug-likeness (QED) is 0.306. The molecule has 0 spiro atoms. The Hall–Kier alpha value is -1.22. The first-order chi connectivity index (χ1) is 13.2. The van der Waals surface area contributed by atoms with Gasteiger partial charge in [0.2, 0.25) is 0 Å². The van der Waals surface area contributed by atoms with Crippen molar-refractivity contribution >= 4 is 29.9 Å². The van der Waals surface area contributed by atoms with Gasteiger partial charge in [-0.2, -0.15) is 0 Å². The number of methoxy groups -OCH3 is 1. The Morgan fingerprint density at radius 1 is 1.21 bits per heavy atom. The molecule has 1 aromatic carbocycles. The number of piperidine rings is 1. The number of nitrogens with zero attached hydrogens (tertiary/aromatic N) is 2. The third kappa shape index (κ3) is 7.66. The van der Waals surface area contributed by atoms with Gasteiger partial charge in [-0.15, -0.1) is 24.0 Å². The van der Waals surface area contributed by atoms with E-state index in [9.17, 15) is 0 Å². The van der Waals surface area contributed by atoms with E-state index in [2.05, 4.69) is 27.4 Å². The molecule has 0 aromatic heterocycles. The second-order valence-corrected chi connectivity index (χ2v) is 6.86. The molecule has 2 rings (SSSR count). The highest BCUT2D eigenvalue weighted by atomic mass is 127. The number of ether oxygens (including phenoxy) is 2. The van der Waals surface area contributed by atoms with Crippen molar-refractivity contribution in [3.05, 3.63) is 23.8 Å². The smallest absolute Gasteiger partial charge is 0.191 e. The molecule has 1 aliphatic rings. The lowest BCUT2D eigenvalue weighted by Gasteiger charge is -2.35. The molecule has 1 unspecified atom stereocenters. The lowest BCUT2D eigenvalue weighted by Crippen LogP contribution is -2.45. The molecule has 0 bridgehead atoms. The zero-order valence-corrected chi connectivity index (χ0v) is 20.1. The summed E-state index contributed by atoms with van der Waals surface area (Å²) < 4.78 is 11.0. The minimum absolute atomic E-state index is 0. The second-order valence-electron chi connectivity index (χ2n) is 6.86. The van der Waals surface area contributed by atoms with E-state index in [0.29, 0.717) is 13.2 Å². The predicted octanol–water partition coefficient (Wildman–Crippen LogP) is 3.64. The van der Waals surface area contributed by atoms with Crippen LogP contribution in [-0.2, 0) is 6.54 Å². The maximum atomic E-state index is 5.65. The van der Waals surface area contributed by atoms with Gasteiger partial charge in [0.25, 0.3) is 0 Å². The van der Waals surface area contributed by atoms with Crippen LogP contribution in [0, 0.1) is 0 Å². The van der Waals surface area contributed by atoms with Crippen LogP contribution in [0.5, 0.6) is 11.5 Å². The SMILES string of the molecule is CCOc1cc(CNC(=NC)NCCN2CCCCC2CC)ccc1OC.I. The normalized spacial score (nSPS) is 17.6.